The van der Waals surface area contributed by atoms with Gasteiger partial charge in [0.15, 0.2) is 5.75 Å². The minimum Gasteiger partial charge on any atom is -0.483 e. The Balaban J connectivity index is 2.07. The van der Waals surface area contributed by atoms with Crippen molar-refractivity contribution in [3.63, 3.8) is 0 Å². The highest BCUT2D eigenvalue weighted by Gasteiger charge is 2.10. The van der Waals surface area contributed by atoms with Crippen LogP contribution in [0, 0.1) is 0 Å². The van der Waals surface area contributed by atoms with Gasteiger partial charge in [-0.15, -0.1) is 0 Å². The highest BCUT2D eigenvalue weighted by Crippen LogP contribution is 2.07. The minimum atomic E-state index is -0.556. The number of hydrogen-bond donors (Lipinski definition) is 1. The predicted octanol–water partition coefficient (Wildman–Crippen LogP) is 2.13. The molecular weight excluding hydrogens is 258 g/mol. The predicted molar refractivity (Wildman–Crippen MR) is 73.8 cm³/mol. The van der Waals surface area contributed by atoms with Crippen LogP contribution in [-0.2, 0) is 11.3 Å². The zero-order valence-corrected chi connectivity index (χ0v) is 11.1. The number of aromatic nitrogens is 1. The molecule has 0 radical (unpaired) electrons. The summed E-state index contributed by atoms with van der Waals surface area (Å²) in [5, 5.41) is 0. The van der Waals surface area contributed by atoms with Crippen molar-refractivity contribution < 1.29 is 14.3 Å². The van der Waals surface area contributed by atoms with Crippen LogP contribution >= 0.6 is 0 Å². The maximum absolute atomic E-state index is 11.8. The summed E-state index contributed by atoms with van der Waals surface area (Å²) in [7, 11) is 0. The molecule has 5 nitrogen and oxygen atoms in total. The maximum atomic E-state index is 11.8. The van der Waals surface area contributed by atoms with Crippen molar-refractivity contribution in [3.05, 3.63) is 64.1 Å². The number of hydrogen-bond acceptors (Lipinski definition) is 4. The summed E-state index contributed by atoms with van der Waals surface area (Å²) in [5.41, 5.74) is 0.716. The first-order valence-electron chi connectivity index (χ1n) is 6.27. The van der Waals surface area contributed by atoms with Gasteiger partial charge in [-0.05, 0) is 12.5 Å². The number of carbonyl (C=O) groups is 1. The third-order valence-corrected chi connectivity index (χ3v) is 2.61. The molecule has 20 heavy (non-hydrogen) atoms. The number of nitrogens with one attached hydrogen (secondary N) is 1. The van der Waals surface area contributed by atoms with Crippen LogP contribution < -0.4 is 10.2 Å². The average molecular weight is 273 g/mol. The van der Waals surface area contributed by atoms with Crippen LogP contribution in [0.3, 0.4) is 0 Å². The van der Waals surface area contributed by atoms with Gasteiger partial charge in [-0.3, -0.25) is 4.79 Å². The van der Waals surface area contributed by atoms with Crippen molar-refractivity contribution in [2.24, 2.45) is 0 Å². The molecule has 1 N–H and O–H groups in total. The molecule has 0 saturated heterocycles. The Morgan fingerprint density at radius 3 is 2.65 bits per heavy atom. The first-order chi connectivity index (χ1) is 9.70. The molecule has 0 unspecified atom stereocenters. The lowest BCUT2D eigenvalue weighted by Gasteiger charge is -2.06. The molecule has 1 aromatic heterocycles. The quantitative estimate of drug-likeness (QED) is 0.847. The third-order valence-electron chi connectivity index (χ3n) is 2.61. The third kappa shape index (κ3) is 3.47. The number of rotatable bonds is 5. The number of esters is 1. The highest BCUT2D eigenvalue weighted by molar-refractivity contribution is 5.87. The number of carbonyl (C=O) groups excluding carboxylic acids is 1. The van der Waals surface area contributed by atoms with Crippen LogP contribution in [0.5, 0.6) is 5.75 Å². The van der Waals surface area contributed by atoms with Crippen molar-refractivity contribution in [1.29, 1.82) is 0 Å². The molecule has 104 valence electrons. The number of aromatic amines is 1. The van der Waals surface area contributed by atoms with Gasteiger partial charge in [-0.2, -0.15) is 0 Å². The molecule has 2 rings (SSSR count). The van der Waals surface area contributed by atoms with Crippen molar-refractivity contribution in [2.75, 3.05) is 6.61 Å². The van der Waals surface area contributed by atoms with E-state index in [4.69, 9.17) is 9.47 Å². The van der Waals surface area contributed by atoms with E-state index < -0.39 is 5.97 Å². The van der Waals surface area contributed by atoms with E-state index >= 15 is 0 Å². The summed E-state index contributed by atoms with van der Waals surface area (Å²) < 4.78 is 10.2. The molecule has 0 amide bonds. The molecule has 0 fully saturated rings. The van der Waals surface area contributed by atoms with Gasteiger partial charge in [0.25, 0.3) is 0 Å². The first kappa shape index (κ1) is 13.9. The first-order valence-corrected chi connectivity index (χ1v) is 6.27. The van der Waals surface area contributed by atoms with E-state index in [1.807, 2.05) is 30.3 Å². The molecule has 0 aliphatic heterocycles. The molecule has 0 aliphatic carbocycles. The molecule has 0 aliphatic rings. The fourth-order valence-corrected chi connectivity index (χ4v) is 1.63. The molecule has 0 saturated carbocycles. The Labute approximate surface area is 116 Å². The molecule has 1 aromatic carbocycles. The minimum absolute atomic E-state index is 0.115. The van der Waals surface area contributed by atoms with Crippen LogP contribution in [0.25, 0.3) is 0 Å². The SMILES string of the molecule is CCOC(=O)c1cc(=O)c(OCc2ccccc2)c[nH]1. The Morgan fingerprint density at radius 1 is 1.25 bits per heavy atom. The second kappa shape index (κ2) is 6.56. The van der Waals surface area contributed by atoms with Crippen LogP contribution in [0.1, 0.15) is 23.0 Å². The number of benzene rings is 1. The summed E-state index contributed by atoms with van der Waals surface area (Å²) in [4.78, 5) is 26.0. The zero-order valence-electron chi connectivity index (χ0n) is 11.1. The van der Waals surface area contributed by atoms with E-state index in [9.17, 15) is 9.59 Å². The monoisotopic (exact) mass is 273 g/mol. The van der Waals surface area contributed by atoms with E-state index in [1.165, 1.54) is 12.3 Å². The van der Waals surface area contributed by atoms with E-state index in [0.29, 0.717) is 6.61 Å². The normalized spacial score (nSPS) is 10.1. The second-order valence-corrected chi connectivity index (χ2v) is 4.07. The topological polar surface area (TPSA) is 68.4 Å². The van der Waals surface area contributed by atoms with Crippen LogP contribution in [0.4, 0.5) is 0 Å². The lowest BCUT2D eigenvalue weighted by Crippen LogP contribution is -2.14. The lowest BCUT2D eigenvalue weighted by atomic mass is 10.2. The van der Waals surface area contributed by atoms with E-state index in [1.54, 1.807) is 6.92 Å². The summed E-state index contributed by atoms with van der Waals surface area (Å²) in [6, 6.07) is 10.7. The van der Waals surface area contributed by atoms with Gasteiger partial charge in [0.05, 0.1) is 6.61 Å². The van der Waals surface area contributed by atoms with Crippen LogP contribution in [0.2, 0.25) is 0 Å². The molecule has 2 aromatic rings. The summed E-state index contributed by atoms with van der Waals surface area (Å²) in [6.45, 7) is 2.25. The van der Waals surface area contributed by atoms with Crippen molar-refractivity contribution >= 4 is 5.97 Å². The van der Waals surface area contributed by atoms with Gasteiger partial charge in [-0.1, -0.05) is 30.3 Å². The van der Waals surface area contributed by atoms with Gasteiger partial charge in [0.1, 0.15) is 12.3 Å². The molecule has 0 atom stereocenters. The summed E-state index contributed by atoms with van der Waals surface area (Å²) in [5.74, 6) is -0.388. The molecular formula is C15H15NO4. The van der Waals surface area contributed by atoms with Gasteiger partial charge < -0.3 is 14.5 Å². The Kier molecular flexibility index (Phi) is 4.55. The Morgan fingerprint density at radius 2 is 2.00 bits per heavy atom. The molecule has 5 heteroatoms. The fraction of sp³-hybridized carbons (Fsp3) is 0.200. The molecule has 0 spiro atoms. The lowest BCUT2D eigenvalue weighted by molar-refractivity contribution is 0.0519. The van der Waals surface area contributed by atoms with Crippen molar-refractivity contribution in [2.45, 2.75) is 13.5 Å². The fourth-order valence-electron chi connectivity index (χ4n) is 1.63. The van der Waals surface area contributed by atoms with Crippen molar-refractivity contribution in [1.82, 2.24) is 4.98 Å². The Hall–Kier alpha value is -2.56. The number of ether oxygens (including phenoxy) is 2. The summed E-state index contributed by atoms with van der Waals surface area (Å²) in [6.07, 6.45) is 1.37. The van der Waals surface area contributed by atoms with Crippen molar-refractivity contribution in [3.8, 4) is 5.75 Å². The Bertz CT molecular complexity index is 634. The maximum Gasteiger partial charge on any atom is 0.354 e. The van der Waals surface area contributed by atoms with Gasteiger partial charge >= 0.3 is 5.97 Å². The van der Waals surface area contributed by atoms with Gasteiger partial charge in [0.2, 0.25) is 5.43 Å². The van der Waals surface area contributed by atoms with Crippen LogP contribution in [-0.4, -0.2) is 17.6 Å². The van der Waals surface area contributed by atoms with Gasteiger partial charge in [0, 0.05) is 12.3 Å². The second-order valence-electron chi connectivity index (χ2n) is 4.07. The van der Waals surface area contributed by atoms with E-state index in [0.717, 1.165) is 5.56 Å². The largest absolute Gasteiger partial charge is 0.483 e. The number of H-pyrrole nitrogens is 1. The molecule has 1 heterocycles. The summed E-state index contributed by atoms with van der Waals surface area (Å²) >= 11 is 0. The smallest absolute Gasteiger partial charge is 0.354 e. The molecule has 0 bridgehead atoms. The number of pyridine rings is 1. The van der Waals surface area contributed by atoms with Gasteiger partial charge in [-0.25, -0.2) is 4.79 Å². The highest BCUT2D eigenvalue weighted by atomic mass is 16.5. The average Bonchev–Trinajstić information content (AvgIpc) is 2.47. The van der Waals surface area contributed by atoms with E-state index in [2.05, 4.69) is 4.98 Å². The van der Waals surface area contributed by atoms with E-state index in [-0.39, 0.29) is 23.5 Å². The zero-order chi connectivity index (χ0) is 14.4. The standard InChI is InChI=1S/C15H15NO4/c1-2-19-15(18)12-8-13(17)14(9-16-12)20-10-11-6-4-3-5-7-11/h3-9H,2,10H2,1H3,(H,16,17). The van der Waals surface area contributed by atoms with Crippen LogP contribution in [0.15, 0.2) is 47.4 Å².